The Morgan fingerprint density at radius 3 is 1.58 bits per heavy atom. The van der Waals surface area contributed by atoms with Gasteiger partial charge in [-0.2, -0.15) is 0 Å². The molecule has 0 bridgehead atoms. The van der Waals surface area contributed by atoms with Crippen molar-refractivity contribution in [2.24, 2.45) is 0 Å². The topological polar surface area (TPSA) is 113 Å². The molecule has 0 aliphatic heterocycles. The Hall–Kier alpha value is 0.410. The van der Waals surface area contributed by atoms with E-state index in [4.69, 9.17) is 25.2 Å². The van der Waals surface area contributed by atoms with Gasteiger partial charge in [0.15, 0.2) is 0 Å². The van der Waals surface area contributed by atoms with Crippen LogP contribution in [0.2, 0.25) is 0 Å². The minimum absolute atomic E-state index is 0. The quantitative estimate of drug-likeness (QED) is 0.360. The van der Waals surface area contributed by atoms with Gasteiger partial charge in [-0.15, -0.1) is 0 Å². The number of rotatable bonds is 4. The summed E-state index contributed by atoms with van der Waals surface area (Å²) < 4.78 is 4.63. The Kier molecular flexibility index (Phi) is 26.6. The molecule has 0 unspecified atom stereocenters. The molecule has 0 aromatic carbocycles. The maximum absolute atomic E-state index is 8.33. The summed E-state index contributed by atoms with van der Waals surface area (Å²) >= 11 is 0. The first-order valence-corrected chi connectivity index (χ1v) is 2.82. The van der Waals surface area contributed by atoms with Crippen LogP contribution in [-0.2, 0) is 4.74 Å². The minimum Gasteiger partial charge on any atom is -0.652 e. The van der Waals surface area contributed by atoms with E-state index in [9.17, 15) is 0 Å². The van der Waals surface area contributed by atoms with Crippen molar-refractivity contribution in [3.8, 4) is 0 Å². The summed E-state index contributed by atoms with van der Waals surface area (Å²) in [6, 6.07) is 0. The van der Waals surface area contributed by atoms with Gasteiger partial charge in [-0.05, 0) is 6.16 Å². The predicted octanol–water partition coefficient (Wildman–Crippen LogP) is -3.84. The van der Waals surface area contributed by atoms with Crippen LogP contribution in [0.5, 0.6) is 0 Å². The van der Waals surface area contributed by atoms with Crippen LogP contribution in [0.25, 0.3) is 0 Å². The number of aliphatic hydroxyl groups excluding tert-OH is 2. The van der Waals surface area contributed by atoms with Crippen LogP contribution in [0.1, 0.15) is 0 Å². The molecule has 12 heavy (non-hydrogen) atoms. The molecule has 0 radical (unpaired) electrons. The predicted molar refractivity (Wildman–Crippen MR) is 36.1 cm³/mol. The van der Waals surface area contributed by atoms with E-state index in [1.54, 1.807) is 0 Å². The maximum Gasteiger partial charge on any atom is 2.00 e. The van der Waals surface area contributed by atoms with E-state index in [1.807, 2.05) is 0 Å². The first kappa shape index (κ1) is 18.2. The summed E-state index contributed by atoms with van der Waals surface area (Å²) in [5.41, 5.74) is 0. The second kappa shape index (κ2) is 17.5. The fourth-order valence-corrected chi connectivity index (χ4v) is 0.231. The number of carbonyl (C=O) groups is 1. The van der Waals surface area contributed by atoms with Crippen molar-refractivity contribution in [3.05, 3.63) is 0 Å². The van der Waals surface area contributed by atoms with Crippen LogP contribution >= 0.6 is 0 Å². The van der Waals surface area contributed by atoms with Gasteiger partial charge in [0.2, 0.25) is 0 Å². The van der Waals surface area contributed by atoms with E-state index in [2.05, 4.69) is 4.74 Å². The summed E-state index contributed by atoms with van der Waals surface area (Å²) in [6.45, 7) is 0.696. The Morgan fingerprint density at radius 2 is 1.42 bits per heavy atom. The van der Waals surface area contributed by atoms with Gasteiger partial charge in [0.25, 0.3) is 0 Å². The third-order valence-electron chi connectivity index (χ3n) is 0.471. The summed E-state index contributed by atoms with van der Waals surface area (Å²) in [5, 5.41) is 32.8. The number of hydrogen-bond acceptors (Lipinski definition) is 6. The van der Waals surface area contributed by atoms with Gasteiger partial charge < -0.3 is 30.0 Å². The van der Waals surface area contributed by atoms with Gasteiger partial charge in [-0.1, -0.05) is 0 Å². The average molecular weight is 206 g/mol. The summed E-state index contributed by atoms with van der Waals surface area (Å²) in [4.78, 5) is 8.33. The molecule has 6 nitrogen and oxygen atoms in total. The zero-order valence-electron chi connectivity index (χ0n) is 6.56. The molecule has 0 aromatic rings. The average Bonchev–Trinajstić information content (AvgIpc) is 1.88. The Balaban J connectivity index is -0.000000142. The van der Waals surface area contributed by atoms with Crippen molar-refractivity contribution in [1.29, 1.82) is 0 Å². The van der Waals surface area contributed by atoms with Crippen molar-refractivity contribution in [2.45, 2.75) is 0 Å². The molecule has 0 saturated carbocycles. The van der Waals surface area contributed by atoms with Crippen molar-refractivity contribution in [3.63, 3.8) is 0 Å². The van der Waals surface area contributed by atoms with Crippen LogP contribution in [0, 0.1) is 0 Å². The molecule has 7 heteroatoms. The second-order valence-corrected chi connectivity index (χ2v) is 1.31. The molecule has 0 fully saturated rings. The molecule has 0 aliphatic rings. The van der Waals surface area contributed by atoms with Gasteiger partial charge in [0.05, 0.1) is 26.4 Å². The van der Waals surface area contributed by atoms with Crippen LogP contribution < -0.4 is 10.2 Å². The van der Waals surface area contributed by atoms with Crippen LogP contribution in [-0.4, -0.2) is 80.5 Å². The number of hydrogen-bond donors (Lipinski definition) is 2. The molecule has 0 spiro atoms. The summed E-state index contributed by atoms with van der Waals surface area (Å²) in [7, 11) is 0. The van der Waals surface area contributed by atoms with Gasteiger partial charge in [0.1, 0.15) is 0 Å². The second-order valence-electron chi connectivity index (χ2n) is 1.31. The Bertz CT molecular complexity index is 80.0. The molecule has 0 aliphatic carbocycles. The standard InChI is InChI=1S/C4H10O3.CH2O3.Ca/c5-1-3-7-4-2-6;2-1(3)4;/h5-6H,1-4H2;(H2,2,3,4);/q;;+2/p-2. The number of carboxylic acid groups (broad SMARTS) is 2. The SMILES string of the molecule is O=C([O-])[O-].OCCOCCO.[Ca+2]. The fraction of sp³-hybridized carbons (Fsp3) is 0.800. The molecule has 68 valence electrons. The zero-order chi connectivity index (χ0) is 9.11. The molecular formula is C5H10CaO6. The summed E-state index contributed by atoms with van der Waals surface area (Å²) in [5.74, 6) is 0. The first-order valence-electron chi connectivity index (χ1n) is 2.82. The van der Waals surface area contributed by atoms with E-state index >= 15 is 0 Å². The third kappa shape index (κ3) is 47.4. The molecule has 0 atom stereocenters. The molecular weight excluding hydrogens is 196 g/mol. The Labute approximate surface area is 99.8 Å². The molecule has 0 amide bonds. The normalized spacial score (nSPS) is 7.50. The van der Waals surface area contributed by atoms with E-state index in [1.165, 1.54) is 0 Å². The first-order chi connectivity index (χ1) is 5.15. The van der Waals surface area contributed by atoms with Crippen LogP contribution in [0.4, 0.5) is 4.79 Å². The van der Waals surface area contributed by atoms with Crippen molar-refractivity contribution >= 4 is 43.9 Å². The number of ether oxygens (including phenoxy) is 1. The van der Waals surface area contributed by atoms with Crippen LogP contribution in [0.15, 0.2) is 0 Å². The maximum atomic E-state index is 8.33. The van der Waals surface area contributed by atoms with E-state index in [0.29, 0.717) is 13.2 Å². The van der Waals surface area contributed by atoms with Gasteiger partial charge in [0, 0.05) is 0 Å². The van der Waals surface area contributed by atoms with E-state index in [0.717, 1.165) is 0 Å². The Morgan fingerprint density at radius 1 is 1.17 bits per heavy atom. The van der Waals surface area contributed by atoms with E-state index in [-0.39, 0.29) is 51.0 Å². The van der Waals surface area contributed by atoms with Gasteiger partial charge in [-0.3, -0.25) is 0 Å². The zero-order valence-corrected chi connectivity index (χ0v) is 8.77. The molecule has 0 rings (SSSR count). The van der Waals surface area contributed by atoms with Crippen molar-refractivity contribution < 1.29 is 30.0 Å². The molecule has 0 heterocycles. The van der Waals surface area contributed by atoms with Crippen molar-refractivity contribution in [1.82, 2.24) is 0 Å². The van der Waals surface area contributed by atoms with Gasteiger partial charge >= 0.3 is 37.7 Å². The number of aliphatic hydroxyl groups is 2. The van der Waals surface area contributed by atoms with E-state index < -0.39 is 6.16 Å². The largest absolute Gasteiger partial charge is 2.00 e. The molecule has 0 saturated heterocycles. The smallest absolute Gasteiger partial charge is 0.652 e. The molecule has 0 aromatic heterocycles. The minimum atomic E-state index is -2.33. The van der Waals surface area contributed by atoms with Gasteiger partial charge in [-0.25, -0.2) is 0 Å². The molecule has 2 N–H and O–H groups in total. The van der Waals surface area contributed by atoms with Crippen LogP contribution in [0.3, 0.4) is 0 Å². The van der Waals surface area contributed by atoms with Crippen molar-refractivity contribution in [2.75, 3.05) is 26.4 Å². The number of carbonyl (C=O) groups excluding carboxylic acids is 1. The monoisotopic (exact) mass is 206 g/mol. The fourth-order valence-electron chi connectivity index (χ4n) is 0.231. The third-order valence-corrected chi connectivity index (χ3v) is 0.471. The summed E-state index contributed by atoms with van der Waals surface area (Å²) in [6.07, 6.45) is -2.33.